The van der Waals surface area contributed by atoms with Gasteiger partial charge in [0.1, 0.15) is 11.3 Å². The Bertz CT molecular complexity index is 997. The molecule has 1 aliphatic rings. The number of alkyl halides is 1. The lowest BCUT2D eigenvalue weighted by Gasteiger charge is -2.07. The van der Waals surface area contributed by atoms with E-state index in [0.717, 1.165) is 39.1 Å². The lowest BCUT2D eigenvalue weighted by atomic mass is 10.0. The summed E-state index contributed by atoms with van der Waals surface area (Å²) in [5.74, 6) is 0.453. The molecule has 2 aromatic heterocycles. The van der Waals surface area contributed by atoms with Gasteiger partial charge in [0.15, 0.2) is 0 Å². The zero-order valence-corrected chi connectivity index (χ0v) is 15.2. The van der Waals surface area contributed by atoms with Crippen LogP contribution in [0.5, 0.6) is 0 Å². The van der Waals surface area contributed by atoms with Crippen molar-refractivity contribution in [1.82, 2.24) is 15.0 Å². The predicted molar refractivity (Wildman–Crippen MR) is 104 cm³/mol. The van der Waals surface area contributed by atoms with E-state index in [1.54, 1.807) is 6.20 Å². The van der Waals surface area contributed by atoms with Crippen LogP contribution in [0.25, 0.3) is 22.2 Å². The summed E-state index contributed by atoms with van der Waals surface area (Å²) in [4.78, 5) is 16.5. The number of aryl methyl sites for hydroxylation is 1. The molecule has 0 aliphatic heterocycles. The second kappa shape index (κ2) is 6.20. The third-order valence-electron chi connectivity index (χ3n) is 4.64. The van der Waals surface area contributed by atoms with Crippen LogP contribution in [0.1, 0.15) is 32.3 Å². The van der Waals surface area contributed by atoms with Gasteiger partial charge in [0.05, 0.1) is 12.2 Å². The van der Waals surface area contributed by atoms with Crippen LogP contribution < -0.4 is 5.32 Å². The zero-order valence-electron chi connectivity index (χ0n) is 15.2. The Kier molecular flexibility index (Phi) is 3.98. The molecular formula is C20H22FN5. The van der Waals surface area contributed by atoms with Crippen LogP contribution in [-0.2, 0) is 0 Å². The molecule has 0 unspecified atom stereocenters. The van der Waals surface area contributed by atoms with E-state index in [4.69, 9.17) is 0 Å². The normalized spacial score (nSPS) is 15.1. The first-order valence-electron chi connectivity index (χ1n) is 8.83. The standard InChI is InChI=1S/C20H22FN5/c1-12(2)25-17-5-4-14(8-13(17)3)15-9-22-18-16(15)10-23-19(26-18)24-11-20(21)6-7-20/h4-5,8-10H,6-7,11H2,1-3H3,(H2,22,23,24,26). The predicted octanol–water partition coefficient (Wildman–Crippen LogP) is 4.96. The molecule has 0 spiro atoms. The number of aromatic nitrogens is 3. The van der Waals surface area contributed by atoms with Crippen molar-refractivity contribution < 1.29 is 4.39 Å². The molecule has 134 valence electrons. The van der Waals surface area contributed by atoms with Crippen LogP contribution in [0.3, 0.4) is 0 Å². The zero-order chi connectivity index (χ0) is 18.3. The average Bonchev–Trinajstić information content (AvgIpc) is 3.19. The molecule has 0 amide bonds. The summed E-state index contributed by atoms with van der Waals surface area (Å²) in [6.07, 6.45) is 4.95. The Morgan fingerprint density at radius 3 is 2.85 bits per heavy atom. The Morgan fingerprint density at radius 1 is 1.35 bits per heavy atom. The second-order valence-electron chi connectivity index (χ2n) is 7.22. The van der Waals surface area contributed by atoms with Crippen LogP contribution in [0.4, 0.5) is 16.0 Å². The molecule has 2 N–H and O–H groups in total. The van der Waals surface area contributed by atoms with E-state index in [2.05, 4.69) is 44.3 Å². The maximum Gasteiger partial charge on any atom is 0.224 e. The second-order valence-corrected chi connectivity index (χ2v) is 7.22. The minimum atomic E-state index is -1.07. The number of benzene rings is 1. The van der Waals surface area contributed by atoms with Gasteiger partial charge in [-0.1, -0.05) is 6.07 Å². The minimum absolute atomic E-state index is 0.268. The highest BCUT2D eigenvalue weighted by Gasteiger charge is 2.43. The Hall–Kier alpha value is -2.76. The lowest BCUT2D eigenvalue weighted by molar-refractivity contribution is 0.326. The number of halogens is 1. The van der Waals surface area contributed by atoms with E-state index in [9.17, 15) is 4.39 Å². The van der Waals surface area contributed by atoms with Crippen molar-refractivity contribution in [2.24, 2.45) is 4.99 Å². The molecule has 1 saturated carbocycles. The minimum Gasteiger partial charge on any atom is -0.351 e. The molecule has 26 heavy (non-hydrogen) atoms. The fourth-order valence-electron chi connectivity index (χ4n) is 2.97. The number of hydrogen-bond donors (Lipinski definition) is 2. The van der Waals surface area contributed by atoms with E-state index in [1.165, 1.54) is 0 Å². The molecule has 1 aliphatic carbocycles. The number of H-pyrrole nitrogens is 1. The maximum atomic E-state index is 13.7. The maximum absolute atomic E-state index is 13.7. The molecular weight excluding hydrogens is 329 g/mol. The SMILES string of the molecule is CC(C)=Nc1ccc(-c2c[nH]c3nc(NCC4(F)CC4)ncc23)cc1C. The van der Waals surface area contributed by atoms with Crippen LogP contribution in [0, 0.1) is 6.92 Å². The third kappa shape index (κ3) is 3.31. The highest BCUT2D eigenvalue weighted by atomic mass is 19.1. The van der Waals surface area contributed by atoms with Gasteiger partial charge in [0, 0.05) is 29.1 Å². The van der Waals surface area contributed by atoms with Gasteiger partial charge in [0.25, 0.3) is 0 Å². The number of aromatic amines is 1. The molecule has 0 saturated heterocycles. The van der Waals surface area contributed by atoms with Gasteiger partial charge >= 0.3 is 0 Å². The molecule has 6 heteroatoms. The smallest absolute Gasteiger partial charge is 0.224 e. The van der Waals surface area contributed by atoms with Crippen LogP contribution in [0.15, 0.2) is 35.6 Å². The number of rotatable bonds is 5. The summed E-state index contributed by atoms with van der Waals surface area (Å²) in [7, 11) is 0. The molecule has 0 atom stereocenters. The third-order valence-corrected chi connectivity index (χ3v) is 4.64. The van der Waals surface area contributed by atoms with Crippen molar-refractivity contribution in [3.8, 4) is 11.1 Å². The van der Waals surface area contributed by atoms with E-state index < -0.39 is 5.67 Å². The first kappa shape index (κ1) is 16.7. The summed E-state index contributed by atoms with van der Waals surface area (Å²) < 4.78 is 13.7. The van der Waals surface area contributed by atoms with Crippen molar-refractivity contribution in [3.63, 3.8) is 0 Å². The van der Waals surface area contributed by atoms with Crippen LogP contribution in [-0.4, -0.2) is 32.9 Å². The van der Waals surface area contributed by atoms with Crippen molar-refractivity contribution in [2.75, 3.05) is 11.9 Å². The summed E-state index contributed by atoms with van der Waals surface area (Å²) >= 11 is 0. The monoisotopic (exact) mass is 351 g/mol. The van der Waals surface area contributed by atoms with Gasteiger partial charge in [0.2, 0.25) is 5.95 Å². The molecule has 0 bridgehead atoms. The number of anilines is 1. The summed E-state index contributed by atoms with van der Waals surface area (Å²) in [5.41, 5.74) is 4.94. The Labute approximate surface area is 151 Å². The van der Waals surface area contributed by atoms with Gasteiger partial charge < -0.3 is 10.3 Å². The highest BCUT2D eigenvalue weighted by molar-refractivity contribution is 5.94. The Balaban J connectivity index is 1.62. The molecule has 0 radical (unpaired) electrons. The van der Waals surface area contributed by atoms with Crippen molar-refractivity contribution in [1.29, 1.82) is 0 Å². The fraction of sp³-hybridized carbons (Fsp3) is 0.350. The van der Waals surface area contributed by atoms with Gasteiger partial charge in [-0.05, 0) is 56.9 Å². The van der Waals surface area contributed by atoms with E-state index in [0.29, 0.717) is 18.8 Å². The van der Waals surface area contributed by atoms with E-state index >= 15 is 0 Å². The first-order valence-corrected chi connectivity index (χ1v) is 8.83. The quantitative estimate of drug-likeness (QED) is 0.639. The average molecular weight is 351 g/mol. The summed E-state index contributed by atoms with van der Waals surface area (Å²) in [5, 5.41) is 3.93. The van der Waals surface area contributed by atoms with Gasteiger partial charge in [-0.25, -0.2) is 9.37 Å². The van der Waals surface area contributed by atoms with Gasteiger partial charge in [-0.2, -0.15) is 4.98 Å². The topological polar surface area (TPSA) is 66.0 Å². The molecule has 1 aromatic carbocycles. The molecule has 4 rings (SSSR count). The number of aliphatic imine (C=N–C) groups is 1. The number of fused-ring (bicyclic) bond motifs is 1. The molecule has 5 nitrogen and oxygen atoms in total. The van der Waals surface area contributed by atoms with Crippen molar-refractivity contribution >= 4 is 28.4 Å². The van der Waals surface area contributed by atoms with Gasteiger partial charge in [-0.3, -0.25) is 4.99 Å². The first-order chi connectivity index (χ1) is 12.4. The highest BCUT2D eigenvalue weighted by Crippen LogP contribution is 2.39. The molecule has 2 heterocycles. The van der Waals surface area contributed by atoms with Gasteiger partial charge in [-0.15, -0.1) is 0 Å². The fourth-order valence-corrected chi connectivity index (χ4v) is 2.97. The summed E-state index contributed by atoms with van der Waals surface area (Å²) in [6, 6.07) is 6.21. The van der Waals surface area contributed by atoms with Crippen molar-refractivity contribution in [3.05, 3.63) is 36.2 Å². The largest absolute Gasteiger partial charge is 0.351 e. The molecule has 1 fully saturated rings. The lowest BCUT2D eigenvalue weighted by Crippen LogP contribution is -2.17. The molecule has 3 aromatic rings. The van der Waals surface area contributed by atoms with E-state index in [-0.39, 0.29) is 6.54 Å². The number of nitrogens with zero attached hydrogens (tertiary/aromatic N) is 3. The Morgan fingerprint density at radius 2 is 2.15 bits per heavy atom. The van der Waals surface area contributed by atoms with Crippen LogP contribution >= 0.6 is 0 Å². The number of nitrogens with one attached hydrogen (secondary N) is 2. The number of hydrogen-bond acceptors (Lipinski definition) is 4. The summed E-state index contributed by atoms with van der Waals surface area (Å²) in [6.45, 7) is 6.31. The van der Waals surface area contributed by atoms with Crippen LogP contribution in [0.2, 0.25) is 0 Å². The van der Waals surface area contributed by atoms with E-state index in [1.807, 2.05) is 26.1 Å². The van der Waals surface area contributed by atoms with Crippen molar-refractivity contribution in [2.45, 2.75) is 39.3 Å².